The molecule has 0 radical (unpaired) electrons. The number of rotatable bonds is 4. The first-order valence-corrected chi connectivity index (χ1v) is 6.09. The molecule has 0 fully saturated rings. The molecule has 19 heavy (non-hydrogen) atoms. The number of aromatic nitrogens is 2. The lowest BCUT2D eigenvalue weighted by atomic mass is 10.1. The molecule has 1 aromatic carbocycles. The number of carbonyl (C=O) groups excluding carboxylic acids is 1. The molecule has 5 heteroatoms. The van der Waals surface area contributed by atoms with Crippen LogP contribution in [0.2, 0.25) is 0 Å². The molecule has 0 bridgehead atoms. The molecule has 1 aromatic heterocycles. The summed E-state index contributed by atoms with van der Waals surface area (Å²) >= 11 is 0. The van der Waals surface area contributed by atoms with Gasteiger partial charge in [0.15, 0.2) is 0 Å². The fourth-order valence-corrected chi connectivity index (χ4v) is 1.84. The lowest BCUT2D eigenvalue weighted by Gasteiger charge is -2.06. The molecule has 4 nitrogen and oxygen atoms in total. The Morgan fingerprint density at radius 1 is 1.42 bits per heavy atom. The van der Waals surface area contributed by atoms with Crippen LogP contribution in [0.25, 0.3) is 0 Å². The molecule has 0 aliphatic carbocycles. The van der Waals surface area contributed by atoms with Gasteiger partial charge in [-0.25, -0.2) is 4.39 Å². The first kappa shape index (κ1) is 13.3. The lowest BCUT2D eigenvalue weighted by molar-refractivity contribution is 0.0954. The molecule has 0 saturated carbocycles. The molecule has 0 unspecified atom stereocenters. The largest absolute Gasteiger partial charge is 0.352 e. The summed E-state index contributed by atoms with van der Waals surface area (Å²) < 4.78 is 14.9. The van der Waals surface area contributed by atoms with Gasteiger partial charge in [-0.3, -0.25) is 9.48 Å². The lowest BCUT2D eigenvalue weighted by Crippen LogP contribution is -2.26. The Kier molecular flexibility index (Phi) is 3.94. The van der Waals surface area contributed by atoms with Gasteiger partial charge < -0.3 is 5.32 Å². The minimum absolute atomic E-state index is 0.190. The number of nitrogens with one attached hydrogen (secondary N) is 1. The second-order valence-corrected chi connectivity index (χ2v) is 4.42. The average Bonchev–Trinajstić information content (AvgIpc) is 2.78. The van der Waals surface area contributed by atoms with E-state index in [1.165, 1.54) is 12.1 Å². The molecular weight excluding hydrogens is 245 g/mol. The summed E-state index contributed by atoms with van der Waals surface area (Å²) in [4.78, 5) is 11.9. The number of hydrogen-bond acceptors (Lipinski definition) is 2. The summed E-state index contributed by atoms with van der Waals surface area (Å²) in [6.07, 6.45) is 2.43. The molecule has 0 atom stereocenters. The van der Waals surface area contributed by atoms with Crippen molar-refractivity contribution in [1.29, 1.82) is 0 Å². The summed E-state index contributed by atoms with van der Waals surface area (Å²) in [6.45, 7) is 2.16. The van der Waals surface area contributed by atoms with Crippen molar-refractivity contribution in [2.75, 3.05) is 6.54 Å². The fraction of sp³-hybridized carbons (Fsp3) is 0.286. The van der Waals surface area contributed by atoms with Gasteiger partial charge in [0.2, 0.25) is 0 Å². The molecule has 0 spiro atoms. The fourth-order valence-electron chi connectivity index (χ4n) is 1.84. The van der Waals surface area contributed by atoms with Gasteiger partial charge in [-0.2, -0.15) is 5.10 Å². The molecule has 2 aromatic rings. The summed E-state index contributed by atoms with van der Waals surface area (Å²) in [5.41, 5.74) is 2.00. The second kappa shape index (κ2) is 5.65. The first-order chi connectivity index (χ1) is 9.08. The predicted octanol–water partition coefficient (Wildman–Crippen LogP) is 1.84. The van der Waals surface area contributed by atoms with Crippen LogP contribution in [-0.2, 0) is 13.5 Å². The van der Waals surface area contributed by atoms with Crippen LogP contribution in [0.4, 0.5) is 4.39 Å². The zero-order chi connectivity index (χ0) is 13.8. The van der Waals surface area contributed by atoms with E-state index in [2.05, 4.69) is 10.4 Å². The van der Waals surface area contributed by atoms with Crippen molar-refractivity contribution in [3.63, 3.8) is 0 Å². The molecule has 0 aliphatic rings. The van der Waals surface area contributed by atoms with Gasteiger partial charge in [0.1, 0.15) is 5.82 Å². The minimum Gasteiger partial charge on any atom is -0.352 e. The van der Waals surface area contributed by atoms with Crippen LogP contribution in [0, 0.1) is 12.7 Å². The van der Waals surface area contributed by atoms with Crippen LogP contribution in [0.5, 0.6) is 0 Å². The van der Waals surface area contributed by atoms with Gasteiger partial charge in [0.05, 0.1) is 0 Å². The summed E-state index contributed by atoms with van der Waals surface area (Å²) in [5.74, 6) is -0.489. The van der Waals surface area contributed by atoms with Crippen molar-refractivity contribution in [3.8, 4) is 0 Å². The number of nitrogens with zero attached hydrogens (tertiary/aromatic N) is 2. The van der Waals surface area contributed by atoms with Crippen molar-refractivity contribution in [2.24, 2.45) is 7.05 Å². The zero-order valence-electron chi connectivity index (χ0n) is 11.0. The summed E-state index contributed by atoms with van der Waals surface area (Å²) in [5, 5.41) is 6.86. The van der Waals surface area contributed by atoms with Crippen LogP contribution >= 0.6 is 0 Å². The number of hydrogen-bond donors (Lipinski definition) is 1. The molecule has 1 amide bonds. The molecule has 100 valence electrons. The Hall–Kier alpha value is -2.17. The zero-order valence-corrected chi connectivity index (χ0v) is 11.0. The van der Waals surface area contributed by atoms with Crippen LogP contribution in [-0.4, -0.2) is 22.2 Å². The highest BCUT2D eigenvalue weighted by atomic mass is 19.1. The molecule has 0 aliphatic heterocycles. The molecule has 1 N–H and O–H groups in total. The third-order valence-corrected chi connectivity index (χ3v) is 3.01. The Bertz CT molecular complexity index is 592. The van der Waals surface area contributed by atoms with Gasteiger partial charge >= 0.3 is 0 Å². The van der Waals surface area contributed by atoms with E-state index >= 15 is 0 Å². The van der Waals surface area contributed by atoms with E-state index in [1.54, 1.807) is 23.9 Å². The first-order valence-electron chi connectivity index (χ1n) is 6.09. The average molecular weight is 261 g/mol. The van der Waals surface area contributed by atoms with Crippen LogP contribution < -0.4 is 5.32 Å². The number of halogens is 1. The van der Waals surface area contributed by atoms with E-state index in [0.29, 0.717) is 24.1 Å². The van der Waals surface area contributed by atoms with Crippen LogP contribution in [0.1, 0.15) is 21.6 Å². The standard InChI is InChI=1S/C14H16FN3O/c1-10-9-11(3-4-13(10)15)14(19)16-7-5-12-6-8-17-18(12)2/h3-4,6,8-9H,5,7H2,1-2H3,(H,16,19). The maximum Gasteiger partial charge on any atom is 0.251 e. The van der Waals surface area contributed by atoms with Gasteiger partial charge in [-0.1, -0.05) is 0 Å². The van der Waals surface area contributed by atoms with E-state index in [9.17, 15) is 9.18 Å². The Balaban J connectivity index is 1.91. The van der Waals surface area contributed by atoms with Gasteiger partial charge in [-0.15, -0.1) is 0 Å². The number of carbonyl (C=O) groups is 1. The molecule has 1 heterocycles. The van der Waals surface area contributed by atoms with E-state index in [1.807, 2.05) is 13.1 Å². The smallest absolute Gasteiger partial charge is 0.251 e. The predicted molar refractivity (Wildman–Crippen MR) is 70.4 cm³/mol. The maximum atomic E-state index is 13.1. The van der Waals surface area contributed by atoms with Crippen LogP contribution in [0.15, 0.2) is 30.5 Å². The van der Waals surface area contributed by atoms with Crippen LogP contribution in [0.3, 0.4) is 0 Å². The van der Waals surface area contributed by atoms with E-state index in [-0.39, 0.29) is 11.7 Å². The van der Waals surface area contributed by atoms with E-state index < -0.39 is 0 Å². The number of benzene rings is 1. The quantitative estimate of drug-likeness (QED) is 0.913. The Labute approximate surface area is 111 Å². The Morgan fingerprint density at radius 2 is 2.21 bits per heavy atom. The summed E-state index contributed by atoms with van der Waals surface area (Å²) in [7, 11) is 1.86. The highest BCUT2D eigenvalue weighted by molar-refractivity contribution is 5.94. The summed E-state index contributed by atoms with van der Waals surface area (Å²) in [6, 6.07) is 6.26. The van der Waals surface area contributed by atoms with Crippen molar-refractivity contribution >= 4 is 5.91 Å². The van der Waals surface area contributed by atoms with Crippen molar-refractivity contribution in [1.82, 2.24) is 15.1 Å². The van der Waals surface area contributed by atoms with E-state index in [0.717, 1.165) is 5.69 Å². The van der Waals surface area contributed by atoms with Crippen molar-refractivity contribution in [2.45, 2.75) is 13.3 Å². The van der Waals surface area contributed by atoms with E-state index in [4.69, 9.17) is 0 Å². The topological polar surface area (TPSA) is 46.9 Å². The number of amides is 1. The second-order valence-electron chi connectivity index (χ2n) is 4.42. The van der Waals surface area contributed by atoms with Gasteiger partial charge in [0.25, 0.3) is 5.91 Å². The molecule has 2 rings (SSSR count). The maximum absolute atomic E-state index is 13.1. The monoisotopic (exact) mass is 261 g/mol. The third-order valence-electron chi connectivity index (χ3n) is 3.01. The normalized spacial score (nSPS) is 10.5. The minimum atomic E-state index is -0.300. The third kappa shape index (κ3) is 3.19. The number of aryl methyl sites for hydroxylation is 2. The van der Waals surface area contributed by atoms with Gasteiger partial charge in [0, 0.05) is 37.5 Å². The molecular formula is C14H16FN3O. The van der Waals surface area contributed by atoms with Gasteiger partial charge in [-0.05, 0) is 36.8 Å². The van der Waals surface area contributed by atoms with Crippen molar-refractivity contribution < 1.29 is 9.18 Å². The highest BCUT2D eigenvalue weighted by Crippen LogP contribution is 2.09. The highest BCUT2D eigenvalue weighted by Gasteiger charge is 2.07. The Morgan fingerprint density at radius 3 is 2.84 bits per heavy atom. The SMILES string of the molecule is Cc1cc(C(=O)NCCc2ccnn2C)ccc1F. The van der Waals surface area contributed by atoms with Crippen molar-refractivity contribution in [3.05, 3.63) is 53.1 Å². The molecule has 0 saturated heterocycles.